The van der Waals surface area contributed by atoms with E-state index >= 15 is 0 Å². The first kappa shape index (κ1) is 13.9. The summed E-state index contributed by atoms with van der Waals surface area (Å²) in [5, 5.41) is 10.9. The number of para-hydroxylation sites is 1. The number of benzene rings is 1. The lowest BCUT2D eigenvalue weighted by atomic mass is 9.83. The zero-order valence-corrected chi connectivity index (χ0v) is 11.9. The molecule has 1 aromatic carbocycles. The van der Waals surface area contributed by atoms with Crippen LogP contribution in [-0.4, -0.2) is 37.6 Å². The summed E-state index contributed by atoms with van der Waals surface area (Å²) in [6.45, 7) is 1.97. The Morgan fingerprint density at radius 2 is 2.05 bits per heavy atom. The normalized spacial score (nSPS) is 22.7. The molecule has 0 amide bonds. The largest absolute Gasteiger partial charge is 0.493 e. The molecule has 4 nitrogen and oxygen atoms in total. The van der Waals surface area contributed by atoms with Crippen LogP contribution in [-0.2, 0) is 15.9 Å². The lowest BCUT2D eigenvalue weighted by Gasteiger charge is -2.40. The van der Waals surface area contributed by atoms with E-state index in [1.807, 2.05) is 12.1 Å². The van der Waals surface area contributed by atoms with Gasteiger partial charge in [0.05, 0.1) is 6.61 Å². The maximum atomic E-state index is 10.9. The van der Waals surface area contributed by atoms with Crippen molar-refractivity contribution in [3.05, 3.63) is 29.3 Å². The number of ether oxygens (including phenoxy) is 3. The number of aliphatic hydroxyl groups excluding tert-OH is 1. The molecule has 3 rings (SSSR count). The fraction of sp³-hybridized carbons (Fsp3) is 0.625. The molecule has 20 heavy (non-hydrogen) atoms. The van der Waals surface area contributed by atoms with E-state index in [9.17, 15) is 5.11 Å². The number of aryl methyl sites for hydroxylation is 1. The minimum Gasteiger partial charge on any atom is -0.493 e. The molecule has 0 aliphatic carbocycles. The van der Waals surface area contributed by atoms with Gasteiger partial charge in [-0.3, -0.25) is 0 Å². The smallest absolute Gasteiger partial charge is 0.128 e. The van der Waals surface area contributed by atoms with Crippen molar-refractivity contribution in [1.82, 2.24) is 0 Å². The van der Waals surface area contributed by atoms with E-state index in [2.05, 4.69) is 6.07 Å². The molecular formula is C16H22O4. The molecule has 2 heterocycles. The lowest BCUT2D eigenvalue weighted by Crippen LogP contribution is -2.44. The second kappa shape index (κ2) is 5.72. The van der Waals surface area contributed by atoms with Gasteiger partial charge < -0.3 is 19.3 Å². The van der Waals surface area contributed by atoms with Gasteiger partial charge in [0.1, 0.15) is 17.5 Å². The van der Waals surface area contributed by atoms with Crippen LogP contribution in [0.4, 0.5) is 0 Å². The van der Waals surface area contributed by atoms with Crippen LogP contribution in [0.25, 0.3) is 0 Å². The predicted octanol–water partition coefficient (Wildman–Crippen LogP) is 2.24. The summed E-state index contributed by atoms with van der Waals surface area (Å²) in [5.74, 6) is 0.856. The summed E-state index contributed by atoms with van der Waals surface area (Å²) in [6, 6.07) is 6.02. The second-order valence-electron chi connectivity index (χ2n) is 5.57. The van der Waals surface area contributed by atoms with Gasteiger partial charge in [0.15, 0.2) is 0 Å². The van der Waals surface area contributed by atoms with Gasteiger partial charge in [-0.1, -0.05) is 18.2 Å². The Bertz CT molecular complexity index is 466. The maximum absolute atomic E-state index is 10.9. The summed E-state index contributed by atoms with van der Waals surface area (Å²) in [5.41, 5.74) is 1.48. The Kier molecular flexibility index (Phi) is 3.96. The Morgan fingerprint density at radius 1 is 1.25 bits per heavy atom. The van der Waals surface area contributed by atoms with Crippen molar-refractivity contribution < 1.29 is 19.3 Å². The van der Waals surface area contributed by atoms with E-state index in [1.54, 1.807) is 7.11 Å². The molecule has 2 aliphatic rings. The SMILES string of the molecule is COC1(C(O)c2cccc3c2OCCC3)CCOCC1. The van der Waals surface area contributed by atoms with E-state index in [0.717, 1.165) is 30.8 Å². The summed E-state index contributed by atoms with van der Waals surface area (Å²) in [4.78, 5) is 0. The van der Waals surface area contributed by atoms with Crippen molar-refractivity contribution in [3.63, 3.8) is 0 Å². The Hall–Kier alpha value is -1.10. The van der Waals surface area contributed by atoms with Crippen LogP contribution in [0.2, 0.25) is 0 Å². The predicted molar refractivity (Wildman–Crippen MR) is 75.0 cm³/mol. The maximum Gasteiger partial charge on any atom is 0.128 e. The highest BCUT2D eigenvalue weighted by Gasteiger charge is 2.42. The molecule has 1 unspecified atom stereocenters. The van der Waals surface area contributed by atoms with Gasteiger partial charge in [0.2, 0.25) is 0 Å². The fourth-order valence-electron chi connectivity index (χ4n) is 3.22. The highest BCUT2D eigenvalue weighted by atomic mass is 16.5. The molecule has 1 N–H and O–H groups in total. The van der Waals surface area contributed by atoms with Gasteiger partial charge in [-0.15, -0.1) is 0 Å². The number of hydrogen-bond donors (Lipinski definition) is 1. The molecule has 0 saturated carbocycles. The van der Waals surface area contributed by atoms with E-state index in [-0.39, 0.29) is 0 Å². The van der Waals surface area contributed by atoms with Crippen molar-refractivity contribution in [2.45, 2.75) is 37.4 Å². The van der Waals surface area contributed by atoms with Gasteiger partial charge in [0, 0.05) is 38.7 Å². The third kappa shape index (κ3) is 2.32. The molecule has 0 aromatic heterocycles. The number of aliphatic hydroxyl groups is 1. The zero-order chi connectivity index (χ0) is 14.0. The quantitative estimate of drug-likeness (QED) is 0.921. The summed E-state index contributed by atoms with van der Waals surface area (Å²) >= 11 is 0. The fourth-order valence-corrected chi connectivity index (χ4v) is 3.22. The van der Waals surface area contributed by atoms with Crippen LogP contribution in [0.5, 0.6) is 5.75 Å². The van der Waals surface area contributed by atoms with E-state index in [0.29, 0.717) is 26.1 Å². The Labute approximate surface area is 119 Å². The van der Waals surface area contributed by atoms with E-state index < -0.39 is 11.7 Å². The molecule has 110 valence electrons. The monoisotopic (exact) mass is 278 g/mol. The molecule has 1 fully saturated rings. The van der Waals surface area contributed by atoms with Crippen LogP contribution in [0, 0.1) is 0 Å². The Balaban J connectivity index is 1.95. The summed E-state index contributed by atoms with van der Waals surface area (Å²) in [7, 11) is 1.67. The number of fused-ring (bicyclic) bond motifs is 1. The molecule has 2 aliphatic heterocycles. The number of methoxy groups -OCH3 is 1. The van der Waals surface area contributed by atoms with Crippen molar-refractivity contribution in [3.8, 4) is 5.75 Å². The number of hydrogen-bond acceptors (Lipinski definition) is 4. The number of rotatable bonds is 3. The van der Waals surface area contributed by atoms with Crippen LogP contribution in [0.3, 0.4) is 0 Å². The molecular weight excluding hydrogens is 256 g/mol. The van der Waals surface area contributed by atoms with Crippen LogP contribution in [0.15, 0.2) is 18.2 Å². The lowest BCUT2D eigenvalue weighted by molar-refractivity contribution is -0.154. The van der Waals surface area contributed by atoms with Crippen LogP contribution in [0.1, 0.15) is 36.5 Å². The van der Waals surface area contributed by atoms with E-state index in [1.165, 1.54) is 5.56 Å². The molecule has 0 bridgehead atoms. The van der Waals surface area contributed by atoms with Crippen LogP contribution >= 0.6 is 0 Å². The van der Waals surface area contributed by atoms with Gasteiger partial charge in [-0.25, -0.2) is 0 Å². The summed E-state index contributed by atoms with van der Waals surface area (Å²) in [6.07, 6.45) is 2.78. The standard InChI is InChI=1S/C16H22O4/c1-18-16(7-10-19-11-8-16)15(17)13-6-2-4-12-5-3-9-20-14(12)13/h2,4,6,15,17H,3,5,7-11H2,1H3. The van der Waals surface area contributed by atoms with Crippen molar-refractivity contribution in [2.24, 2.45) is 0 Å². The highest BCUT2D eigenvalue weighted by molar-refractivity contribution is 5.45. The van der Waals surface area contributed by atoms with Crippen LogP contribution < -0.4 is 4.74 Å². The molecule has 1 saturated heterocycles. The average molecular weight is 278 g/mol. The van der Waals surface area contributed by atoms with Crippen molar-refractivity contribution in [2.75, 3.05) is 26.9 Å². The Morgan fingerprint density at radius 3 is 2.80 bits per heavy atom. The van der Waals surface area contributed by atoms with Gasteiger partial charge >= 0.3 is 0 Å². The highest BCUT2D eigenvalue weighted by Crippen LogP contribution is 2.42. The minimum absolute atomic E-state index is 0.561. The molecule has 1 aromatic rings. The molecule has 4 heteroatoms. The zero-order valence-electron chi connectivity index (χ0n) is 11.9. The molecule has 0 radical (unpaired) electrons. The summed E-state index contributed by atoms with van der Waals surface area (Å²) < 4.78 is 16.9. The average Bonchev–Trinajstić information content (AvgIpc) is 2.54. The van der Waals surface area contributed by atoms with Crippen molar-refractivity contribution >= 4 is 0 Å². The van der Waals surface area contributed by atoms with Crippen molar-refractivity contribution in [1.29, 1.82) is 0 Å². The molecule has 1 atom stereocenters. The van der Waals surface area contributed by atoms with Gasteiger partial charge in [0.25, 0.3) is 0 Å². The first-order valence-corrected chi connectivity index (χ1v) is 7.32. The van der Waals surface area contributed by atoms with Gasteiger partial charge in [-0.2, -0.15) is 0 Å². The minimum atomic E-state index is -0.676. The third-order valence-corrected chi connectivity index (χ3v) is 4.50. The van der Waals surface area contributed by atoms with Gasteiger partial charge in [-0.05, 0) is 18.4 Å². The van der Waals surface area contributed by atoms with E-state index in [4.69, 9.17) is 14.2 Å². The molecule has 0 spiro atoms. The first-order chi connectivity index (χ1) is 9.77. The first-order valence-electron chi connectivity index (χ1n) is 7.32. The topological polar surface area (TPSA) is 47.9 Å². The third-order valence-electron chi connectivity index (χ3n) is 4.50. The second-order valence-corrected chi connectivity index (χ2v) is 5.57.